The maximum atomic E-state index is 14.2. The molecule has 1 atom stereocenters. The molecule has 2 aliphatic rings. The first-order valence-corrected chi connectivity index (χ1v) is 12.3. The van der Waals surface area contributed by atoms with Gasteiger partial charge in [0, 0.05) is 11.1 Å². The van der Waals surface area contributed by atoms with Gasteiger partial charge in [0.05, 0.1) is 4.90 Å². The molecule has 0 heterocycles. The van der Waals surface area contributed by atoms with Crippen LogP contribution in [0.2, 0.25) is 0 Å². The van der Waals surface area contributed by atoms with Gasteiger partial charge in [-0.05, 0) is 90.3 Å². The molecule has 2 aromatic rings. The molecule has 2 aliphatic carbocycles. The minimum absolute atomic E-state index is 0.347. The summed E-state index contributed by atoms with van der Waals surface area (Å²) in [6, 6.07) is 11.8. The predicted molar refractivity (Wildman–Crippen MR) is 126 cm³/mol. The molecule has 0 radical (unpaired) electrons. The van der Waals surface area contributed by atoms with Gasteiger partial charge in [-0.25, -0.2) is 4.39 Å². The first kappa shape index (κ1) is 21.4. The van der Waals surface area contributed by atoms with Crippen LogP contribution >= 0.6 is 21.0 Å². The lowest BCUT2D eigenvalue weighted by Gasteiger charge is -2.32. The topological polar surface area (TPSA) is 23.8 Å². The highest BCUT2D eigenvalue weighted by Gasteiger charge is 2.29. The van der Waals surface area contributed by atoms with Crippen LogP contribution in [0.3, 0.4) is 0 Å². The summed E-state index contributed by atoms with van der Waals surface area (Å²) in [5, 5.41) is 11.4. The zero-order valence-corrected chi connectivity index (χ0v) is 19.1. The van der Waals surface area contributed by atoms with Gasteiger partial charge in [0.25, 0.3) is 0 Å². The summed E-state index contributed by atoms with van der Waals surface area (Å²) in [5.74, 6) is 8.45. The quantitative estimate of drug-likeness (QED) is 0.230. The SMILES string of the molecule is N#CSc1c(F)cc(C#Cc2ccc(C3CCC(C4CCCC4)CC3)cc2)cc1P. The fraction of sp³-hybridized carbons (Fsp3) is 0.423. The molecule has 2 fully saturated rings. The van der Waals surface area contributed by atoms with Crippen molar-refractivity contribution in [3.63, 3.8) is 0 Å². The average Bonchev–Trinajstić information content (AvgIpc) is 3.30. The van der Waals surface area contributed by atoms with E-state index in [1.165, 1.54) is 63.0 Å². The van der Waals surface area contributed by atoms with Crippen LogP contribution < -0.4 is 5.30 Å². The van der Waals surface area contributed by atoms with Crippen LogP contribution in [0.4, 0.5) is 4.39 Å². The van der Waals surface area contributed by atoms with Crippen molar-refractivity contribution in [2.24, 2.45) is 11.8 Å². The lowest BCUT2D eigenvalue weighted by atomic mass is 9.73. The Morgan fingerprint density at radius 1 is 0.867 bits per heavy atom. The molecule has 0 aromatic heterocycles. The Morgan fingerprint density at radius 2 is 1.50 bits per heavy atom. The first-order valence-electron chi connectivity index (χ1n) is 10.9. The van der Waals surface area contributed by atoms with Crippen LogP contribution in [-0.4, -0.2) is 0 Å². The van der Waals surface area contributed by atoms with Gasteiger partial charge in [0.15, 0.2) is 0 Å². The second kappa shape index (κ2) is 10.0. The number of thiocyanates is 1. The fourth-order valence-electron chi connectivity index (χ4n) is 5.18. The van der Waals surface area contributed by atoms with Gasteiger partial charge in [0.1, 0.15) is 11.2 Å². The van der Waals surface area contributed by atoms with Crippen LogP contribution in [0.1, 0.15) is 74.0 Å². The van der Waals surface area contributed by atoms with E-state index in [0.717, 1.165) is 29.2 Å². The molecule has 0 aliphatic heterocycles. The van der Waals surface area contributed by atoms with Gasteiger partial charge in [-0.1, -0.05) is 49.7 Å². The minimum Gasteiger partial charge on any atom is -0.206 e. The number of hydrogen-bond donors (Lipinski definition) is 0. The summed E-state index contributed by atoms with van der Waals surface area (Å²) < 4.78 is 14.2. The Kier molecular flexibility index (Phi) is 7.15. The zero-order chi connectivity index (χ0) is 20.9. The van der Waals surface area contributed by atoms with E-state index in [1.807, 2.05) is 5.40 Å². The number of benzene rings is 2. The third kappa shape index (κ3) is 5.09. The normalized spacial score (nSPS) is 21.6. The van der Waals surface area contributed by atoms with Crippen molar-refractivity contribution in [3.8, 4) is 17.2 Å². The van der Waals surface area contributed by atoms with E-state index in [0.29, 0.717) is 21.7 Å². The minimum atomic E-state index is -0.401. The number of halogens is 1. The van der Waals surface area contributed by atoms with Crippen molar-refractivity contribution in [1.29, 1.82) is 5.26 Å². The second-order valence-corrected chi connectivity index (χ2v) is 10.0. The Balaban J connectivity index is 1.39. The summed E-state index contributed by atoms with van der Waals surface area (Å²) in [7, 11) is 2.48. The highest BCUT2D eigenvalue weighted by molar-refractivity contribution is 8.04. The van der Waals surface area contributed by atoms with Crippen molar-refractivity contribution >= 4 is 26.3 Å². The number of nitriles is 1. The smallest absolute Gasteiger partial charge is 0.139 e. The van der Waals surface area contributed by atoms with Crippen LogP contribution in [0.5, 0.6) is 0 Å². The average molecular weight is 436 g/mol. The Morgan fingerprint density at radius 3 is 2.13 bits per heavy atom. The molecule has 0 spiro atoms. The van der Waals surface area contributed by atoms with Gasteiger partial charge < -0.3 is 0 Å². The van der Waals surface area contributed by atoms with Crippen molar-refractivity contribution in [1.82, 2.24) is 0 Å². The molecule has 4 heteroatoms. The van der Waals surface area contributed by atoms with Gasteiger partial charge in [-0.15, -0.1) is 9.24 Å². The van der Waals surface area contributed by atoms with E-state index in [9.17, 15) is 4.39 Å². The van der Waals surface area contributed by atoms with Crippen molar-refractivity contribution in [2.75, 3.05) is 0 Å². The fourth-order valence-corrected chi connectivity index (χ4v) is 6.09. The van der Waals surface area contributed by atoms with Crippen molar-refractivity contribution in [3.05, 3.63) is 58.9 Å². The summed E-state index contributed by atoms with van der Waals surface area (Å²) in [4.78, 5) is 0.347. The Labute approximate surface area is 186 Å². The zero-order valence-electron chi connectivity index (χ0n) is 17.2. The van der Waals surface area contributed by atoms with Gasteiger partial charge in [-0.3, -0.25) is 0 Å². The standard InChI is InChI=1S/C26H27FNPS/c27-24-15-19(16-25(29)26(24)30-17-28)6-5-18-7-9-21(10-8-18)23-13-11-22(12-14-23)20-3-1-2-4-20/h7-10,15-16,20,22-23H,1-4,11-14,29H2. The summed E-state index contributed by atoms with van der Waals surface area (Å²) in [5.41, 5.74) is 3.00. The number of nitrogens with zero attached hydrogens (tertiary/aromatic N) is 1. The van der Waals surface area contributed by atoms with Crippen molar-refractivity contribution in [2.45, 2.75) is 62.2 Å². The number of rotatable bonds is 3. The molecule has 154 valence electrons. The van der Waals surface area contributed by atoms with E-state index in [4.69, 9.17) is 5.26 Å². The highest BCUT2D eigenvalue weighted by Crippen LogP contribution is 2.43. The summed E-state index contributed by atoms with van der Waals surface area (Å²) in [6.45, 7) is 0. The highest BCUT2D eigenvalue weighted by atomic mass is 32.2. The van der Waals surface area contributed by atoms with E-state index >= 15 is 0 Å². The molecule has 0 bridgehead atoms. The maximum absolute atomic E-state index is 14.2. The molecule has 2 saturated carbocycles. The van der Waals surface area contributed by atoms with Gasteiger partial charge in [-0.2, -0.15) is 5.26 Å². The van der Waals surface area contributed by atoms with E-state index in [1.54, 1.807) is 6.07 Å². The van der Waals surface area contributed by atoms with Gasteiger partial charge >= 0.3 is 0 Å². The monoisotopic (exact) mass is 435 g/mol. The molecule has 0 saturated heterocycles. The Bertz CT molecular complexity index is 961. The molecule has 0 N–H and O–H groups in total. The molecule has 0 amide bonds. The predicted octanol–water partition coefficient (Wildman–Crippen LogP) is 6.76. The first-order chi connectivity index (χ1) is 14.6. The Hall–Kier alpha value is -1.80. The van der Waals surface area contributed by atoms with Crippen molar-refractivity contribution < 1.29 is 4.39 Å². The number of thioether (sulfide) groups is 1. The third-order valence-electron chi connectivity index (χ3n) is 6.79. The van der Waals surface area contributed by atoms with E-state index < -0.39 is 5.82 Å². The molecule has 30 heavy (non-hydrogen) atoms. The number of hydrogen-bond acceptors (Lipinski definition) is 2. The van der Waals surface area contributed by atoms with E-state index in [-0.39, 0.29) is 0 Å². The third-order valence-corrected chi connectivity index (χ3v) is 8.18. The lowest BCUT2D eigenvalue weighted by molar-refractivity contribution is 0.235. The summed E-state index contributed by atoms with van der Waals surface area (Å²) in [6.07, 6.45) is 11.2. The maximum Gasteiger partial charge on any atom is 0.139 e. The molecule has 4 rings (SSSR count). The van der Waals surface area contributed by atoms with Crippen LogP contribution in [0, 0.1) is 40.2 Å². The van der Waals surface area contributed by atoms with E-state index in [2.05, 4.69) is 45.3 Å². The van der Waals surface area contributed by atoms with Crippen LogP contribution in [0.25, 0.3) is 0 Å². The van der Waals surface area contributed by atoms with Crippen LogP contribution in [0.15, 0.2) is 41.3 Å². The second-order valence-electron chi connectivity index (χ2n) is 8.60. The molecular weight excluding hydrogens is 408 g/mol. The lowest BCUT2D eigenvalue weighted by Crippen LogP contribution is -2.19. The largest absolute Gasteiger partial charge is 0.206 e. The van der Waals surface area contributed by atoms with Crippen LogP contribution in [-0.2, 0) is 0 Å². The molecule has 2 aromatic carbocycles. The summed E-state index contributed by atoms with van der Waals surface area (Å²) >= 11 is 0.835. The van der Waals surface area contributed by atoms with Gasteiger partial charge in [0.2, 0.25) is 0 Å². The molecule has 1 unspecified atom stereocenters. The molecule has 1 nitrogen and oxygen atoms in total. The molecular formula is C26H27FNPS.